The Labute approximate surface area is 170 Å². The standard InChI is InChI=1S/C20H22N6O.ClH/c1-27-18-9-8-17-19(24-18)26(12-15-6-4-14(11-21)5-7-15)20(23-17)25-10-2-3-16(22)13-25;/h4-9,16H,2-3,10,12-13,22H2,1H3;1H. The average molecular weight is 399 g/mol. The number of nitrogens with zero attached hydrogens (tertiary/aromatic N) is 5. The number of anilines is 1. The van der Waals surface area contributed by atoms with Crippen molar-refractivity contribution < 1.29 is 4.74 Å². The molecule has 0 radical (unpaired) electrons. The van der Waals surface area contributed by atoms with Gasteiger partial charge in [0.1, 0.15) is 5.52 Å². The van der Waals surface area contributed by atoms with Crippen LogP contribution in [0.5, 0.6) is 5.88 Å². The van der Waals surface area contributed by atoms with Crippen molar-refractivity contribution in [3.63, 3.8) is 0 Å². The van der Waals surface area contributed by atoms with Gasteiger partial charge in [0.05, 0.1) is 25.3 Å². The maximum atomic E-state index is 9.02. The molecule has 1 aliphatic rings. The van der Waals surface area contributed by atoms with Crippen molar-refractivity contribution in [2.24, 2.45) is 5.73 Å². The van der Waals surface area contributed by atoms with Gasteiger partial charge in [0.25, 0.3) is 0 Å². The van der Waals surface area contributed by atoms with Gasteiger partial charge in [0.15, 0.2) is 5.65 Å². The summed E-state index contributed by atoms with van der Waals surface area (Å²) in [4.78, 5) is 11.7. The zero-order chi connectivity index (χ0) is 18.8. The van der Waals surface area contributed by atoms with Gasteiger partial charge in [-0.25, -0.2) is 4.98 Å². The fraction of sp³-hybridized carbons (Fsp3) is 0.350. The first-order valence-corrected chi connectivity index (χ1v) is 9.09. The molecule has 1 fully saturated rings. The highest BCUT2D eigenvalue weighted by molar-refractivity contribution is 5.85. The van der Waals surface area contributed by atoms with Gasteiger partial charge >= 0.3 is 0 Å². The lowest BCUT2D eigenvalue weighted by Gasteiger charge is -2.31. The minimum Gasteiger partial charge on any atom is -0.481 e. The molecule has 8 heteroatoms. The van der Waals surface area contributed by atoms with Gasteiger partial charge in [0.2, 0.25) is 11.8 Å². The number of rotatable bonds is 4. The molecule has 1 saturated heterocycles. The summed E-state index contributed by atoms with van der Waals surface area (Å²) in [5.74, 6) is 1.44. The maximum absolute atomic E-state index is 9.02. The fourth-order valence-corrected chi connectivity index (χ4v) is 3.53. The summed E-state index contributed by atoms with van der Waals surface area (Å²) in [5, 5.41) is 9.02. The number of imidazole rings is 1. The van der Waals surface area contributed by atoms with E-state index in [-0.39, 0.29) is 18.4 Å². The van der Waals surface area contributed by atoms with Gasteiger partial charge in [-0.1, -0.05) is 12.1 Å². The minimum absolute atomic E-state index is 0. The van der Waals surface area contributed by atoms with Crippen molar-refractivity contribution in [3.05, 3.63) is 47.5 Å². The fourth-order valence-electron chi connectivity index (χ4n) is 3.53. The molecule has 0 bridgehead atoms. The van der Waals surface area contributed by atoms with E-state index in [0.29, 0.717) is 18.0 Å². The molecule has 3 aromatic rings. The predicted octanol–water partition coefficient (Wildman–Crippen LogP) is 2.71. The van der Waals surface area contributed by atoms with Crippen molar-refractivity contribution >= 4 is 29.5 Å². The van der Waals surface area contributed by atoms with Crippen LogP contribution in [0.2, 0.25) is 0 Å². The van der Waals surface area contributed by atoms with Crippen LogP contribution in [0.1, 0.15) is 24.0 Å². The Morgan fingerprint density at radius 3 is 2.68 bits per heavy atom. The van der Waals surface area contributed by atoms with E-state index in [4.69, 9.17) is 20.7 Å². The van der Waals surface area contributed by atoms with E-state index >= 15 is 0 Å². The van der Waals surface area contributed by atoms with Gasteiger partial charge in [0, 0.05) is 25.2 Å². The van der Waals surface area contributed by atoms with E-state index in [9.17, 15) is 0 Å². The van der Waals surface area contributed by atoms with Crippen LogP contribution in [0.25, 0.3) is 11.2 Å². The van der Waals surface area contributed by atoms with Crippen molar-refractivity contribution in [3.8, 4) is 11.9 Å². The number of nitriles is 1. The van der Waals surface area contributed by atoms with Gasteiger partial charge in [-0.2, -0.15) is 10.2 Å². The van der Waals surface area contributed by atoms with Crippen LogP contribution in [-0.2, 0) is 6.54 Å². The van der Waals surface area contributed by atoms with Crippen LogP contribution < -0.4 is 15.4 Å². The summed E-state index contributed by atoms with van der Waals surface area (Å²) in [6.07, 6.45) is 2.09. The number of piperidine rings is 1. The van der Waals surface area contributed by atoms with E-state index in [1.807, 2.05) is 36.4 Å². The molecule has 1 atom stereocenters. The third-order valence-electron chi connectivity index (χ3n) is 4.92. The first-order valence-electron chi connectivity index (χ1n) is 9.09. The summed E-state index contributed by atoms with van der Waals surface area (Å²) in [6.45, 7) is 2.33. The van der Waals surface area contributed by atoms with Crippen molar-refractivity contribution in [1.82, 2.24) is 14.5 Å². The molecule has 0 spiro atoms. The third kappa shape index (κ3) is 3.88. The van der Waals surface area contributed by atoms with Crippen molar-refractivity contribution in [2.75, 3.05) is 25.1 Å². The van der Waals surface area contributed by atoms with Crippen LogP contribution in [0, 0.1) is 11.3 Å². The number of methoxy groups -OCH3 is 1. The minimum atomic E-state index is 0. The second-order valence-electron chi connectivity index (χ2n) is 6.85. The van der Waals surface area contributed by atoms with Gasteiger partial charge < -0.3 is 15.4 Å². The number of nitrogens with two attached hydrogens (primary N) is 1. The highest BCUT2D eigenvalue weighted by atomic mass is 35.5. The summed E-state index contributed by atoms with van der Waals surface area (Å²) < 4.78 is 7.42. The van der Waals surface area contributed by atoms with Crippen molar-refractivity contribution in [1.29, 1.82) is 5.26 Å². The largest absolute Gasteiger partial charge is 0.481 e. The zero-order valence-electron chi connectivity index (χ0n) is 15.7. The van der Waals surface area contributed by atoms with Gasteiger partial charge in [-0.05, 0) is 36.6 Å². The molecule has 4 rings (SSSR count). The van der Waals surface area contributed by atoms with Crippen molar-refractivity contribution in [2.45, 2.75) is 25.4 Å². The smallest absolute Gasteiger partial charge is 0.215 e. The molecular weight excluding hydrogens is 376 g/mol. The number of ether oxygens (including phenoxy) is 1. The summed E-state index contributed by atoms with van der Waals surface area (Å²) in [5.41, 5.74) is 9.54. The Bertz CT molecular complexity index is 994. The number of benzene rings is 1. The second kappa shape index (κ2) is 8.46. The molecule has 146 valence electrons. The number of halogens is 1. The lowest BCUT2D eigenvalue weighted by atomic mass is 10.1. The van der Waals surface area contributed by atoms with E-state index < -0.39 is 0 Å². The highest BCUT2D eigenvalue weighted by Gasteiger charge is 2.23. The Hall–Kier alpha value is -2.82. The Kier molecular flexibility index (Phi) is 6.02. The summed E-state index contributed by atoms with van der Waals surface area (Å²) in [7, 11) is 1.61. The number of pyridine rings is 1. The SMILES string of the molecule is COc1ccc2nc(N3CCCC(N)C3)n(Cc3ccc(C#N)cc3)c2n1.Cl. The lowest BCUT2D eigenvalue weighted by Crippen LogP contribution is -2.44. The molecule has 28 heavy (non-hydrogen) atoms. The second-order valence-corrected chi connectivity index (χ2v) is 6.85. The monoisotopic (exact) mass is 398 g/mol. The quantitative estimate of drug-likeness (QED) is 0.726. The van der Waals surface area contributed by atoms with Crippen LogP contribution in [0.15, 0.2) is 36.4 Å². The highest BCUT2D eigenvalue weighted by Crippen LogP contribution is 2.26. The number of aromatic nitrogens is 3. The Balaban J connectivity index is 0.00000225. The molecular formula is C20H23ClN6O. The topological polar surface area (TPSA) is 93.0 Å². The predicted molar refractivity (Wildman–Crippen MR) is 111 cm³/mol. The Morgan fingerprint density at radius 2 is 2.00 bits per heavy atom. The number of fused-ring (bicyclic) bond motifs is 1. The molecule has 1 aromatic carbocycles. The normalized spacial score (nSPS) is 16.5. The maximum Gasteiger partial charge on any atom is 0.215 e. The molecule has 3 heterocycles. The van der Waals surface area contributed by atoms with E-state index in [1.165, 1.54) is 0 Å². The molecule has 2 aromatic heterocycles. The van der Waals surface area contributed by atoms with Crippen LogP contribution in [0.4, 0.5) is 5.95 Å². The first-order chi connectivity index (χ1) is 13.2. The summed E-state index contributed by atoms with van der Waals surface area (Å²) in [6, 6.07) is 13.7. The molecule has 0 aliphatic carbocycles. The lowest BCUT2D eigenvalue weighted by molar-refractivity contribution is 0.399. The number of hydrogen-bond acceptors (Lipinski definition) is 6. The van der Waals surface area contributed by atoms with E-state index in [1.54, 1.807) is 7.11 Å². The molecule has 0 saturated carbocycles. The average Bonchev–Trinajstić information content (AvgIpc) is 3.06. The van der Waals surface area contributed by atoms with E-state index in [2.05, 4.69) is 20.5 Å². The third-order valence-corrected chi connectivity index (χ3v) is 4.92. The van der Waals surface area contributed by atoms with Gasteiger partial charge in [-0.15, -0.1) is 12.4 Å². The van der Waals surface area contributed by atoms with E-state index in [0.717, 1.165) is 48.6 Å². The van der Waals surface area contributed by atoms with Gasteiger partial charge in [-0.3, -0.25) is 4.57 Å². The molecule has 1 aliphatic heterocycles. The zero-order valence-corrected chi connectivity index (χ0v) is 16.5. The van der Waals surface area contributed by atoms with Crippen LogP contribution in [0.3, 0.4) is 0 Å². The molecule has 2 N–H and O–H groups in total. The molecule has 7 nitrogen and oxygen atoms in total. The van der Waals surface area contributed by atoms with Crippen LogP contribution in [-0.4, -0.2) is 40.8 Å². The molecule has 1 unspecified atom stereocenters. The Morgan fingerprint density at radius 1 is 1.21 bits per heavy atom. The van der Waals surface area contributed by atoms with Crippen LogP contribution >= 0.6 is 12.4 Å². The first kappa shape index (κ1) is 19.9. The number of hydrogen-bond donors (Lipinski definition) is 1. The molecule has 0 amide bonds. The summed E-state index contributed by atoms with van der Waals surface area (Å²) >= 11 is 0.